The Bertz CT molecular complexity index is 2740. The Morgan fingerprint density at radius 3 is 2.05 bits per heavy atom. The first-order valence-electron chi connectivity index (χ1n) is 25.2. The Kier molecular flexibility index (Phi) is 16.6. The molecule has 3 amide bonds. The molecule has 1 unspecified atom stereocenters. The van der Waals surface area contributed by atoms with Crippen molar-refractivity contribution in [3.05, 3.63) is 106 Å². The topological polar surface area (TPSA) is 164 Å². The van der Waals surface area contributed by atoms with Gasteiger partial charge in [-0.25, -0.2) is 4.98 Å². The third kappa shape index (κ3) is 13.1. The summed E-state index contributed by atoms with van der Waals surface area (Å²) >= 11 is 0. The lowest BCUT2D eigenvalue weighted by Gasteiger charge is -2.34. The van der Waals surface area contributed by atoms with Crippen LogP contribution in [-0.4, -0.2) is 137 Å². The predicted octanol–water partition coefficient (Wildman–Crippen LogP) is 7.92. The number of piperidine rings is 1. The number of imide groups is 1. The summed E-state index contributed by atoms with van der Waals surface area (Å²) in [7, 11) is 0. The van der Waals surface area contributed by atoms with Crippen molar-refractivity contribution in [2.75, 3.05) is 77.7 Å². The van der Waals surface area contributed by atoms with E-state index in [9.17, 15) is 45.8 Å². The average molecular weight is 1040 g/mol. The highest BCUT2D eigenvalue weighted by atomic mass is 19.4. The van der Waals surface area contributed by atoms with Gasteiger partial charge in [0.25, 0.3) is 5.91 Å². The van der Waals surface area contributed by atoms with Crippen molar-refractivity contribution in [1.82, 2.24) is 34.6 Å². The van der Waals surface area contributed by atoms with Gasteiger partial charge in [0.2, 0.25) is 17.8 Å². The van der Waals surface area contributed by atoms with Crippen molar-refractivity contribution in [2.45, 2.75) is 95.0 Å². The number of nitrogens with zero attached hydrogens (tertiary/aromatic N) is 6. The molecule has 21 heteroatoms. The van der Waals surface area contributed by atoms with Crippen LogP contribution in [0.25, 0.3) is 22.2 Å². The van der Waals surface area contributed by atoms with E-state index in [2.05, 4.69) is 42.5 Å². The van der Waals surface area contributed by atoms with Crippen LogP contribution in [0.2, 0.25) is 0 Å². The Morgan fingerprint density at radius 1 is 0.730 bits per heavy atom. The molecular formula is C53H60F6N8O7. The zero-order valence-electron chi connectivity index (χ0n) is 40.9. The van der Waals surface area contributed by atoms with Crippen molar-refractivity contribution >= 4 is 40.4 Å². The highest BCUT2D eigenvalue weighted by Gasteiger charge is 2.40. The molecule has 4 aliphatic rings. The third-order valence-corrected chi connectivity index (χ3v) is 14.2. The van der Waals surface area contributed by atoms with E-state index in [1.54, 1.807) is 4.90 Å². The molecule has 3 aromatic carbocycles. The highest BCUT2D eigenvalue weighted by Crippen LogP contribution is 2.40. The lowest BCUT2D eigenvalue weighted by molar-refractivity contribution is -0.143. The van der Waals surface area contributed by atoms with Crippen molar-refractivity contribution in [1.29, 1.82) is 0 Å². The summed E-state index contributed by atoms with van der Waals surface area (Å²) in [5, 5.41) is 15.8. The number of piperazine rings is 1. The minimum atomic E-state index is -5.00. The number of aryl methyl sites for hydroxylation is 1. The number of halogens is 6. The van der Waals surface area contributed by atoms with Gasteiger partial charge in [0.05, 0.1) is 50.3 Å². The summed E-state index contributed by atoms with van der Waals surface area (Å²) in [6.45, 7) is 8.68. The fourth-order valence-corrected chi connectivity index (χ4v) is 10.2. The highest BCUT2D eigenvalue weighted by molar-refractivity contribution is 6.05. The number of fused-ring (bicyclic) bond motifs is 2. The number of carbonyl (C=O) groups excluding carboxylic acids is 3. The molecule has 2 aromatic heterocycles. The van der Waals surface area contributed by atoms with E-state index in [0.717, 1.165) is 79.9 Å². The molecule has 5 heterocycles. The van der Waals surface area contributed by atoms with Gasteiger partial charge in [0.1, 0.15) is 11.7 Å². The van der Waals surface area contributed by atoms with Crippen LogP contribution in [0.15, 0.2) is 73.1 Å². The molecule has 396 valence electrons. The number of carbonyl (C=O) groups is 3. The van der Waals surface area contributed by atoms with Gasteiger partial charge in [-0.1, -0.05) is 36.4 Å². The molecule has 1 saturated carbocycles. The van der Waals surface area contributed by atoms with Crippen LogP contribution in [0.1, 0.15) is 89.2 Å². The van der Waals surface area contributed by atoms with Crippen LogP contribution in [0.3, 0.4) is 0 Å². The maximum Gasteiger partial charge on any atom is 0.416 e. The SMILES string of the molecule is O=C1CCC(N2Cc3cc(CCCOCCOCCOCCN4CCN(Cc5ccc(-c6cn(C7CCC(O)CC7)c7nc(Nc8cc(C(F)(F)F)cc(C(F)(F)F)c8)ncc67)cc5)CC4)ccc3C2=O)C(=O)N1. The number of hydrogen-bond acceptors (Lipinski definition) is 12. The summed E-state index contributed by atoms with van der Waals surface area (Å²) in [5.41, 5.74) is 2.61. The van der Waals surface area contributed by atoms with E-state index in [0.29, 0.717) is 107 Å². The number of aliphatic hydroxyl groups is 1. The van der Waals surface area contributed by atoms with Gasteiger partial charge in [0, 0.05) is 99.5 Å². The molecule has 9 rings (SSSR count). The summed E-state index contributed by atoms with van der Waals surface area (Å²) < 4.78 is 101. The van der Waals surface area contributed by atoms with E-state index in [1.807, 2.05) is 41.1 Å². The van der Waals surface area contributed by atoms with E-state index in [-0.39, 0.29) is 36.3 Å². The standard InChI is InChI=1S/C53H60F6N8O7/c54-52(55,56)38-27-39(53(57,58)59)29-40(28-38)61-51-60-30-44-45(33-66(48(44)63-51)41-8-10-42(68)11-9-41)36-6-3-35(4-7-36)31-65-17-15-64(16-18-65)19-21-73-23-25-74-24-22-72-20-1-2-34-5-12-43-37(26-34)32-67(50(43)71)46-13-14-47(69)62-49(46)70/h3-7,12,26-30,33,41-42,46,68H,1-2,8-11,13-25,31-32H2,(H,60,61,63)(H,62,69,70). The maximum absolute atomic E-state index is 13.6. The minimum absolute atomic E-state index is 0.0343. The van der Waals surface area contributed by atoms with Gasteiger partial charge >= 0.3 is 12.4 Å². The molecule has 0 bridgehead atoms. The molecule has 1 aliphatic carbocycles. The number of benzene rings is 3. The molecule has 0 spiro atoms. The molecule has 2 saturated heterocycles. The first kappa shape index (κ1) is 52.9. The largest absolute Gasteiger partial charge is 0.416 e. The average Bonchev–Trinajstić information content (AvgIpc) is 3.91. The molecule has 15 nitrogen and oxygen atoms in total. The summed E-state index contributed by atoms with van der Waals surface area (Å²) in [6.07, 6.45) is -2.26. The van der Waals surface area contributed by atoms with Crippen molar-refractivity contribution in [2.24, 2.45) is 0 Å². The van der Waals surface area contributed by atoms with Crippen LogP contribution in [-0.2, 0) is 55.7 Å². The van der Waals surface area contributed by atoms with Gasteiger partial charge < -0.3 is 34.1 Å². The second-order valence-electron chi connectivity index (χ2n) is 19.4. The number of rotatable bonds is 20. The molecule has 5 aromatic rings. The number of aliphatic hydroxyl groups excluding tert-OH is 1. The molecular weight excluding hydrogens is 975 g/mol. The molecule has 0 radical (unpaired) electrons. The van der Waals surface area contributed by atoms with Gasteiger partial charge in [-0.2, -0.15) is 31.3 Å². The number of amides is 3. The maximum atomic E-state index is 13.6. The quantitative estimate of drug-likeness (QED) is 0.0393. The Labute approximate surface area is 424 Å². The summed E-state index contributed by atoms with van der Waals surface area (Å²) in [5.74, 6) is -1.05. The number of hydrogen-bond donors (Lipinski definition) is 3. The molecule has 3 N–H and O–H groups in total. The van der Waals surface area contributed by atoms with Crippen LogP contribution in [0.5, 0.6) is 0 Å². The summed E-state index contributed by atoms with van der Waals surface area (Å²) in [4.78, 5) is 52.2. The van der Waals surface area contributed by atoms with Crippen LogP contribution < -0.4 is 10.6 Å². The van der Waals surface area contributed by atoms with Gasteiger partial charge in [0.15, 0.2) is 0 Å². The predicted molar refractivity (Wildman–Crippen MR) is 261 cm³/mol. The number of ether oxygens (including phenoxy) is 3. The number of nitrogens with one attached hydrogen (secondary N) is 2. The fraction of sp³-hybridized carbons (Fsp3) is 0.491. The van der Waals surface area contributed by atoms with Crippen molar-refractivity contribution < 1.29 is 60.0 Å². The molecule has 3 fully saturated rings. The molecule has 74 heavy (non-hydrogen) atoms. The lowest BCUT2D eigenvalue weighted by Crippen LogP contribution is -2.52. The van der Waals surface area contributed by atoms with Gasteiger partial charge in [-0.15, -0.1) is 0 Å². The zero-order valence-corrected chi connectivity index (χ0v) is 40.9. The van der Waals surface area contributed by atoms with Crippen molar-refractivity contribution in [3.63, 3.8) is 0 Å². The minimum Gasteiger partial charge on any atom is -0.393 e. The van der Waals surface area contributed by atoms with E-state index in [1.165, 1.54) is 6.20 Å². The van der Waals surface area contributed by atoms with Crippen LogP contribution in [0, 0.1) is 0 Å². The molecule has 1 atom stereocenters. The first-order valence-corrected chi connectivity index (χ1v) is 25.2. The Hall–Kier alpha value is -5.97. The second kappa shape index (κ2) is 23.3. The Morgan fingerprint density at radius 2 is 1.38 bits per heavy atom. The van der Waals surface area contributed by atoms with Gasteiger partial charge in [-0.05, 0) is 91.5 Å². The third-order valence-electron chi connectivity index (χ3n) is 14.2. The summed E-state index contributed by atoms with van der Waals surface area (Å²) in [6, 6.07) is 14.6. The first-order chi connectivity index (χ1) is 35.6. The second-order valence-corrected chi connectivity index (χ2v) is 19.4. The molecule has 3 aliphatic heterocycles. The van der Waals surface area contributed by atoms with E-state index in [4.69, 9.17) is 14.2 Å². The smallest absolute Gasteiger partial charge is 0.393 e. The van der Waals surface area contributed by atoms with E-state index >= 15 is 0 Å². The van der Waals surface area contributed by atoms with Crippen LogP contribution in [0.4, 0.5) is 38.0 Å². The zero-order chi connectivity index (χ0) is 52.0. The van der Waals surface area contributed by atoms with E-state index < -0.39 is 47.2 Å². The Balaban J connectivity index is 0.673. The van der Waals surface area contributed by atoms with Crippen molar-refractivity contribution in [3.8, 4) is 11.1 Å². The lowest BCUT2D eigenvalue weighted by atomic mass is 9.93. The monoisotopic (exact) mass is 1030 g/mol. The number of aromatic nitrogens is 3. The normalized spacial score (nSPS) is 20.1. The van der Waals surface area contributed by atoms with Crippen LogP contribution >= 0.6 is 0 Å². The fourth-order valence-electron chi connectivity index (χ4n) is 10.2. The number of alkyl halides is 6. The van der Waals surface area contributed by atoms with Gasteiger partial charge in [-0.3, -0.25) is 29.5 Å². The number of anilines is 2.